The van der Waals surface area contributed by atoms with Gasteiger partial charge >= 0.3 is 11.9 Å². The zero-order valence-corrected chi connectivity index (χ0v) is 31.1. The zero-order valence-electron chi connectivity index (χ0n) is 31.1. The number of rotatable bonds is 36. The Bertz CT molecular complexity index is 563. The number of esters is 2. The SMILES string of the molecule is CC(C)CCCCCOC(=O)CCCCCCCCCCCCCCCCCCCCCCCC(=O)OCCCCCC(C)C. The third-order valence-corrected chi connectivity index (χ3v) is 9.14. The van der Waals surface area contributed by atoms with E-state index in [0.717, 1.165) is 37.5 Å². The molecule has 268 valence electrons. The van der Waals surface area contributed by atoms with Gasteiger partial charge in [0.2, 0.25) is 0 Å². The average molecular weight is 637 g/mol. The predicted molar refractivity (Wildman–Crippen MR) is 195 cm³/mol. The molecule has 0 aliphatic carbocycles. The first kappa shape index (κ1) is 43.9. The normalized spacial score (nSPS) is 11.5. The van der Waals surface area contributed by atoms with E-state index in [4.69, 9.17) is 9.47 Å². The zero-order chi connectivity index (χ0) is 33.1. The lowest BCUT2D eigenvalue weighted by molar-refractivity contribution is -0.144. The lowest BCUT2D eigenvalue weighted by atomic mass is 10.0. The molecule has 0 N–H and O–H groups in total. The summed E-state index contributed by atoms with van der Waals surface area (Å²) in [6.07, 6.45) is 38.3. The van der Waals surface area contributed by atoms with Crippen LogP contribution in [0.1, 0.15) is 227 Å². The van der Waals surface area contributed by atoms with Gasteiger partial charge in [-0.05, 0) is 37.5 Å². The van der Waals surface area contributed by atoms with E-state index in [-0.39, 0.29) is 11.9 Å². The van der Waals surface area contributed by atoms with E-state index in [2.05, 4.69) is 27.7 Å². The first-order chi connectivity index (χ1) is 21.9. The van der Waals surface area contributed by atoms with Crippen LogP contribution in [0.25, 0.3) is 0 Å². The van der Waals surface area contributed by atoms with Crippen LogP contribution in [0.15, 0.2) is 0 Å². The molecule has 0 aliphatic rings. The highest BCUT2D eigenvalue weighted by Crippen LogP contribution is 2.16. The maximum atomic E-state index is 11.8. The van der Waals surface area contributed by atoms with Gasteiger partial charge in [-0.1, -0.05) is 188 Å². The van der Waals surface area contributed by atoms with E-state index in [0.29, 0.717) is 26.1 Å². The Morgan fingerprint density at radius 3 is 0.800 bits per heavy atom. The Balaban J connectivity index is 3.17. The van der Waals surface area contributed by atoms with Gasteiger partial charge in [-0.3, -0.25) is 9.59 Å². The minimum atomic E-state index is 0.00641. The molecule has 0 fully saturated rings. The Hall–Kier alpha value is -1.06. The second-order valence-corrected chi connectivity index (χ2v) is 14.9. The lowest BCUT2D eigenvalue weighted by Crippen LogP contribution is -2.05. The smallest absolute Gasteiger partial charge is 0.305 e. The molecule has 0 spiro atoms. The first-order valence-corrected chi connectivity index (χ1v) is 20.2. The van der Waals surface area contributed by atoms with Crippen LogP contribution in [0.4, 0.5) is 0 Å². The minimum Gasteiger partial charge on any atom is -0.466 e. The Labute approximate surface area is 282 Å². The van der Waals surface area contributed by atoms with E-state index in [1.54, 1.807) is 0 Å². The Morgan fingerprint density at radius 2 is 0.556 bits per heavy atom. The van der Waals surface area contributed by atoms with Crippen LogP contribution in [0.5, 0.6) is 0 Å². The van der Waals surface area contributed by atoms with Crippen molar-refractivity contribution in [3.8, 4) is 0 Å². The van der Waals surface area contributed by atoms with Crippen LogP contribution in [-0.4, -0.2) is 25.2 Å². The molecule has 0 saturated carbocycles. The molecule has 0 saturated heterocycles. The van der Waals surface area contributed by atoms with E-state index >= 15 is 0 Å². The molecule has 0 aliphatic heterocycles. The van der Waals surface area contributed by atoms with Gasteiger partial charge in [-0.15, -0.1) is 0 Å². The summed E-state index contributed by atoms with van der Waals surface area (Å²) in [6.45, 7) is 10.3. The highest BCUT2D eigenvalue weighted by atomic mass is 16.5. The molecule has 0 amide bonds. The van der Waals surface area contributed by atoms with Gasteiger partial charge in [0, 0.05) is 12.8 Å². The molecule has 0 aromatic heterocycles. The number of hydrogen-bond donors (Lipinski definition) is 0. The number of unbranched alkanes of at least 4 members (excludes halogenated alkanes) is 24. The number of hydrogen-bond acceptors (Lipinski definition) is 4. The van der Waals surface area contributed by atoms with Gasteiger partial charge < -0.3 is 9.47 Å². The van der Waals surface area contributed by atoms with Crippen molar-refractivity contribution in [2.45, 2.75) is 227 Å². The summed E-state index contributed by atoms with van der Waals surface area (Å²) < 4.78 is 10.7. The molecule has 4 heteroatoms. The van der Waals surface area contributed by atoms with Gasteiger partial charge in [-0.25, -0.2) is 0 Å². The number of ether oxygens (including phenoxy) is 2. The van der Waals surface area contributed by atoms with Gasteiger partial charge in [0.15, 0.2) is 0 Å². The maximum absolute atomic E-state index is 11.8. The fraction of sp³-hybridized carbons (Fsp3) is 0.951. The summed E-state index contributed by atoms with van der Waals surface area (Å²) in [5.74, 6) is 1.56. The highest BCUT2D eigenvalue weighted by Gasteiger charge is 2.04. The van der Waals surface area contributed by atoms with Crippen molar-refractivity contribution >= 4 is 11.9 Å². The molecular weight excluding hydrogens is 556 g/mol. The molecule has 45 heavy (non-hydrogen) atoms. The summed E-state index contributed by atoms with van der Waals surface area (Å²) in [7, 11) is 0. The minimum absolute atomic E-state index is 0.00641. The summed E-state index contributed by atoms with van der Waals surface area (Å²) in [5.41, 5.74) is 0. The van der Waals surface area contributed by atoms with Gasteiger partial charge in [-0.2, -0.15) is 0 Å². The Morgan fingerprint density at radius 1 is 0.333 bits per heavy atom. The van der Waals surface area contributed by atoms with Crippen LogP contribution >= 0.6 is 0 Å². The van der Waals surface area contributed by atoms with Crippen LogP contribution < -0.4 is 0 Å². The molecule has 4 nitrogen and oxygen atoms in total. The van der Waals surface area contributed by atoms with Gasteiger partial charge in [0.25, 0.3) is 0 Å². The molecule has 0 atom stereocenters. The third kappa shape index (κ3) is 39.0. The van der Waals surface area contributed by atoms with E-state index in [9.17, 15) is 9.59 Å². The van der Waals surface area contributed by atoms with E-state index in [1.807, 2.05) is 0 Å². The molecule has 0 unspecified atom stereocenters. The molecule has 0 rings (SSSR count). The van der Waals surface area contributed by atoms with Gasteiger partial charge in [0.05, 0.1) is 13.2 Å². The first-order valence-electron chi connectivity index (χ1n) is 20.2. The lowest BCUT2D eigenvalue weighted by Gasteiger charge is -2.06. The summed E-state index contributed by atoms with van der Waals surface area (Å²) in [4.78, 5) is 23.6. The third-order valence-electron chi connectivity index (χ3n) is 9.14. The van der Waals surface area contributed by atoms with Crippen LogP contribution in [0.2, 0.25) is 0 Å². The van der Waals surface area contributed by atoms with E-state index < -0.39 is 0 Å². The highest BCUT2D eigenvalue weighted by molar-refractivity contribution is 5.69. The van der Waals surface area contributed by atoms with E-state index in [1.165, 1.54) is 161 Å². The van der Waals surface area contributed by atoms with Crippen molar-refractivity contribution in [1.29, 1.82) is 0 Å². The second-order valence-electron chi connectivity index (χ2n) is 14.9. The van der Waals surface area contributed by atoms with Crippen molar-refractivity contribution in [3.05, 3.63) is 0 Å². The molecule has 0 radical (unpaired) electrons. The van der Waals surface area contributed by atoms with Crippen molar-refractivity contribution in [2.24, 2.45) is 11.8 Å². The molecule has 0 bridgehead atoms. The summed E-state index contributed by atoms with van der Waals surface area (Å²) in [6, 6.07) is 0. The number of carbonyl (C=O) groups excluding carboxylic acids is 2. The Kier molecular flexibility index (Phi) is 34.9. The average Bonchev–Trinajstić information content (AvgIpc) is 3.00. The molecule has 0 heterocycles. The number of carbonyl (C=O) groups is 2. The topological polar surface area (TPSA) is 52.6 Å². The standard InChI is InChI=1S/C41H80O4/c1-38(2)32-26-24-30-36-44-40(42)34-28-22-20-18-16-14-12-10-8-6-5-7-9-11-13-15-17-19-21-23-29-35-41(43)45-37-31-25-27-33-39(3)4/h38-39H,5-37H2,1-4H3. The molecule has 0 aromatic carbocycles. The molecular formula is C41H80O4. The van der Waals surface area contributed by atoms with Crippen LogP contribution in [0.3, 0.4) is 0 Å². The molecule has 0 aromatic rings. The predicted octanol–water partition coefficient (Wildman–Crippen LogP) is 13.5. The summed E-state index contributed by atoms with van der Waals surface area (Å²) in [5, 5.41) is 0. The van der Waals surface area contributed by atoms with Crippen LogP contribution in [0, 0.1) is 11.8 Å². The monoisotopic (exact) mass is 637 g/mol. The fourth-order valence-electron chi connectivity index (χ4n) is 6.08. The van der Waals surface area contributed by atoms with Crippen molar-refractivity contribution in [1.82, 2.24) is 0 Å². The van der Waals surface area contributed by atoms with Gasteiger partial charge in [0.1, 0.15) is 0 Å². The largest absolute Gasteiger partial charge is 0.466 e. The van der Waals surface area contributed by atoms with Crippen molar-refractivity contribution in [3.63, 3.8) is 0 Å². The second kappa shape index (κ2) is 35.8. The summed E-state index contributed by atoms with van der Waals surface area (Å²) >= 11 is 0. The fourth-order valence-corrected chi connectivity index (χ4v) is 6.08. The quantitative estimate of drug-likeness (QED) is 0.0507. The van der Waals surface area contributed by atoms with Crippen LogP contribution in [-0.2, 0) is 19.1 Å². The maximum Gasteiger partial charge on any atom is 0.305 e. The van der Waals surface area contributed by atoms with Crippen molar-refractivity contribution in [2.75, 3.05) is 13.2 Å². The van der Waals surface area contributed by atoms with Crippen molar-refractivity contribution < 1.29 is 19.1 Å².